The molecule has 0 aromatic rings. The minimum atomic E-state index is 0.461. The highest BCUT2D eigenvalue weighted by atomic mass is 14.9. The lowest BCUT2D eigenvalue weighted by molar-refractivity contribution is 0.572. The zero-order valence-corrected chi connectivity index (χ0v) is 7.93. The molecule has 1 N–H and O–H groups in total. The topological polar surface area (TPSA) is 12.0 Å². The van der Waals surface area contributed by atoms with Crippen molar-refractivity contribution in [3.05, 3.63) is 36.0 Å². The summed E-state index contributed by atoms with van der Waals surface area (Å²) in [6.07, 6.45) is 7.35. The predicted molar refractivity (Wildman–Crippen MR) is 54.1 cm³/mol. The van der Waals surface area contributed by atoms with Crippen LogP contribution in [0.25, 0.3) is 0 Å². The zero-order valence-electron chi connectivity index (χ0n) is 7.93. The van der Waals surface area contributed by atoms with E-state index in [1.807, 2.05) is 13.0 Å². The molecular weight excluding hydrogens is 146 g/mol. The minimum Gasteiger partial charge on any atom is -0.310 e. The summed E-state index contributed by atoms with van der Waals surface area (Å²) in [7, 11) is 0. The van der Waals surface area contributed by atoms with Gasteiger partial charge < -0.3 is 5.32 Å². The van der Waals surface area contributed by atoms with Crippen LogP contribution in [0.2, 0.25) is 0 Å². The van der Waals surface area contributed by atoms with Gasteiger partial charge in [-0.05, 0) is 38.0 Å². The van der Waals surface area contributed by atoms with Gasteiger partial charge in [0.15, 0.2) is 0 Å². The van der Waals surface area contributed by atoms with Gasteiger partial charge >= 0.3 is 0 Å². The third-order valence-electron chi connectivity index (χ3n) is 2.22. The lowest BCUT2D eigenvalue weighted by atomic mass is 9.94. The van der Waals surface area contributed by atoms with Crippen LogP contribution in [0.1, 0.15) is 20.3 Å². The quantitative estimate of drug-likeness (QED) is 0.626. The van der Waals surface area contributed by atoms with Gasteiger partial charge in [-0.2, -0.15) is 0 Å². The summed E-state index contributed by atoms with van der Waals surface area (Å²) < 4.78 is 0. The van der Waals surface area contributed by atoms with Crippen molar-refractivity contribution < 1.29 is 0 Å². The SMILES string of the molecule is C=C1CCNC(C)/C1=C/C=C\C. The summed E-state index contributed by atoms with van der Waals surface area (Å²) in [6.45, 7) is 9.33. The largest absolute Gasteiger partial charge is 0.310 e. The Bertz CT molecular complexity index is 223. The summed E-state index contributed by atoms with van der Waals surface area (Å²) in [4.78, 5) is 0. The molecule has 1 aliphatic rings. The summed E-state index contributed by atoms with van der Waals surface area (Å²) in [5.41, 5.74) is 2.62. The van der Waals surface area contributed by atoms with Crippen molar-refractivity contribution in [3.8, 4) is 0 Å². The van der Waals surface area contributed by atoms with E-state index in [-0.39, 0.29) is 0 Å². The van der Waals surface area contributed by atoms with Crippen LogP contribution in [0.5, 0.6) is 0 Å². The van der Waals surface area contributed by atoms with Crippen molar-refractivity contribution in [1.82, 2.24) is 5.32 Å². The van der Waals surface area contributed by atoms with Crippen molar-refractivity contribution in [2.24, 2.45) is 0 Å². The van der Waals surface area contributed by atoms with Crippen molar-refractivity contribution in [2.75, 3.05) is 6.54 Å². The first-order valence-electron chi connectivity index (χ1n) is 4.50. The maximum Gasteiger partial charge on any atom is 0.0294 e. The van der Waals surface area contributed by atoms with Crippen LogP contribution in [0.4, 0.5) is 0 Å². The molecule has 1 heteroatoms. The molecule has 0 aromatic carbocycles. The van der Waals surface area contributed by atoms with Gasteiger partial charge in [-0.25, -0.2) is 0 Å². The van der Waals surface area contributed by atoms with Crippen molar-refractivity contribution >= 4 is 0 Å². The van der Waals surface area contributed by atoms with E-state index < -0.39 is 0 Å². The molecule has 12 heavy (non-hydrogen) atoms. The normalized spacial score (nSPS) is 28.7. The molecule has 1 unspecified atom stereocenters. The number of piperidine rings is 1. The Morgan fingerprint density at radius 2 is 2.33 bits per heavy atom. The van der Waals surface area contributed by atoms with Gasteiger partial charge in [0.2, 0.25) is 0 Å². The Morgan fingerprint density at radius 1 is 1.58 bits per heavy atom. The van der Waals surface area contributed by atoms with Crippen LogP contribution in [0, 0.1) is 0 Å². The van der Waals surface area contributed by atoms with E-state index in [9.17, 15) is 0 Å². The van der Waals surface area contributed by atoms with Gasteiger partial charge in [0.25, 0.3) is 0 Å². The number of allylic oxidation sites excluding steroid dienone is 3. The van der Waals surface area contributed by atoms with Gasteiger partial charge in [0, 0.05) is 6.04 Å². The average Bonchev–Trinajstić information content (AvgIpc) is 2.04. The van der Waals surface area contributed by atoms with Gasteiger partial charge in [0.05, 0.1) is 0 Å². The number of nitrogens with one attached hydrogen (secondary N) is 1. The Balaban J connectivity index is 2.75. The number of rotatable bonds is 1. The highest BCUT2D eigenvalue weighted by molar-refractivity contribution is 5.37. The third kappa shape index (κ3) is 2.08. The Morgan fingerprint density at radius 3 is 2.92 bits per heavy atom. The third-order valence-corrected chi connectivity index (χ3v) is 2.22. The number of hydrogen-bond donors (Lipinski definition) is 1. The summed E-state index contributed by atoms with van der Waals surface area (Å²) >= 11 is 0. The second-order valence-corrected chi connectivity index (χ2v) is 3.18. The fourth-order valence-electron chi connectivity index (χ4n) is 1.46. The van der Waals surface area contributed by atoms with Gasteiger partial charge in [0.1, 0.15) is 0 Å². The first kappa shape index (κ1) is 9.27. The lowest BCUT2D eigenvalue weighted by Gasteiger charge is -2.25. The van der Waals surface area contributed by atoms with Gasteiger partial charge in [-0.3, -0.25) is 0 Å². The van der Waals surface area contributed by atoms with Crippen LogP contribution in [0.3, 0.4) is 0 Å². The minimum absolute atomic E-state index is 0.461. The van der Waals surface area contributed by atoms with Crippen LogP contribution < -0.4 is 5.32 Å². The maximum atomic E-state index is 4.06. The smallest absolute Gasteiger partial charge is 0.0294 e. The van der Waals surface area contributed by atoms with Crippen LogP contribution >= 0.6 is 0 Å². The Labute approximate surface area is 74.9 Å². The van der Waals surface area contributed by atoms with E-state index in [0.717, 1.165) is 13.0 Å². The van der Waals surface area contributed by atoms with Crippen molar-refractivity contribution in [2.45, 2.75) is 26.3 Å². The molecule has 0 radical (unpaired) electrons. The molecule has 66 valence electrons. The molecule has 0 aliphatic carbocycles. The van der Waals surface area contributed by atoms with E-state index >= 15 is 0 Å². The molecule has 1 rings (SSSR count). The molecule has 1 heterocycles. The van der Waals surface area contributed by atoms with E-state index in [1.54, 1.807) is 0 Å². The first-order chi connectivity index (χ1) is 5.75. The van der Waals surface area contributed by atoms with Crippen LogP contribution in [0.15, 0.2) is 36.0 Å². The summed E-state index contributed by atoms with van der Waals surface area (Å²) in [6, 6.07) is 0.461. The lowest BCUT2D eigenvalue weighted by Crippen LogP contribution is -2.34. The van der Waals surface area contributed by atoms with E-state index in [1.165, 1.54) is 11.1 Å². The van der Waals surface area contributed by atoms with Crippen molar-refractivity contribution in [1.29, 1.82) is 0 Å². The second kappa shape index (κ2) is 4.27. The maximum absolute atomic E-state index is 4.06. The zero-order chi connectivity index (χ0) is 8.97. The Hall–Kier alpha value is -0.820. The first-order valence-corrected chi connectivity index (χ1v) is 4.50. The molecule has 0 spiro atoms. The van der Waals surface area contributed by atoms with Gasteiger partial charge in [-0.15, -0.1) is 0 Å². The van der Waals surface area contributed by atoms with Gasteiger partial charge in [-0.1, -0.05) is 24.8 Å². The van der Waals surface area contributed by atoms with Crippen molar-refractivity contribution in [3.63, 3.8) is 0 Å². The number of hydrogen-bond acceptors (Lipinski definition) is 1. The molecule has 0 aromatic heterocycles. The highest BCUT2D eigenvalue weighted by Gasteiger charge is 2.15. The molecule has 0 amide bonds. The molecule has 1 nitrogen and oxygen atoms in total. The second-order valence-electron chi connectivity index (χ2n) is 3.18. The highest BCUT2D eigenvalue weighted by Crippen LogP contribution is 2.19. The van der Waals surface area contributed by atoms with E-state index in [4.69, 9.17) is 0 Å². The van der Waals surface area contributed by atoms with Crippen LogP contribution in [-0.2, 0) is 0 Å². The molecule has 1 saturated heterocycles. The van der Waals surface area contributed by atoms with E-state index in [2.05, 4.69) is 31.0 Å². The molecule has 0 bridgehead atoms. The molecule has 1 fully saturated rings. The van der Waals surface area contributed by atoms with E-state index in [0.29, 0.717) is 6.04 Å². The molecule has 1 aliphatic heterocycles. The van der Waals surface area contributed by atoms with Crippen LogP contribution in [-0.4, -0.2) is 12.6 Å². The Kier molecular flexibility index (Phi) is 3.30. The standard InChI is InChI=1S/C11H17N/c1-4-5-6-11-9(2)7-8-12-10(11)3/h4-6,10,12H,2,7-8H2,1,3H3/b5-4-,11-6+. The summed E-state index contributed by atoms with van der Waals surface area (Å²) in [5.74, 6) is 0. The fourth-order valence-corrected chi connectivity index (χ4v) is 1.46. The predicted octanol–water partition coefficient (Wildman–Crippen LogP) is 2.43. The average molecular weight is 163 g/mol. The fraction of sp³-hybridized carbons (Fsp3) is 0.455. The molecule has 0 saturated carbocycles. The molecular formula is C11H17N. The monoisotopic (exact) mass is 163 g/mol. The summed E-state index contributed by atoms with van der Waals surface area (Å²) in [5, 5.41) is 3.41. The molecule has 1 atom stereocenters.